The summed E-state index contributed by atoms with van der Waals surface area (Å²) in [5.74, 6) is 1.03. The molecule has 0 aromatic carbocycles. The van der Waals surface area contributed by atoms with E-state index in [1.165, 1.54) is 38.8 Å². The minimum atomic E-state index is 0.810. The van der Waals surface area contributed by atoms with E-state index in [-0.39, 0.29) is 0 Å². The van der Waals surface area contributed by atoms with Gasteiger partial charge in [0, 0.05) is 0 Å². The third-order valence-corrected chi connectivity index (χ3v) is 3.23. The van der Waals surface area contributed by atoms with Crippen molar-refractivity contribution in [3.8, 4) is 0 Å². The van der Waals surface area contributed by atoms with Gasteiger partial charge in [0.15, 0.2) is 0 Å². The Kier molecular flexibility index (Phi) is 1.48. The van der Waals surface area contributed by atoms with Gasteiger partial charge in [-0.15, -0.1) is 0 Å². The lowest BCUT2D eigenvalue weighted by atomic mass is 9.58. The first-order valence-electron chi connectivity index (χ1n) is 4.52. The van der Waals surface area contributed by atoms with Crippen molar-refractivity contribution in [2.24, 2.45) is 11.3 Å². The van der Waals surface area contributed by atoms with Gasteiger partial charge < -0.3 is 5.32 Å². The third kappa shape index (κ3) is 0.968. The van der Waals surface area contributed by atoms with Gasteiger partial charge in [-0.25, -0.2) is 0 Å². The van der Waals surface area contributed by atoms with Crippen molar-refractivity contribution >= 4 is 0 Å². The summed E-state index contributed by atoms with van der Waals surface area (Å²) in [6, 6.07) is 0. The molecule has 0 radical (unpaired) electrons. The van der Waals surface area contributed by atoms with Crippen molar-refractivity contribution in [1.29, 1.82) is 0 Å². The fourth-order valence-corrected chi connectivity index (χ4v) is 2.78. The van der Waals surface area contributed by atoms with Crippen LogP contribution in [0.25, 0.3) is 0 Å². The number of piperidine rings is 1. The molecule has 1 heteroatoms. The fraction of sp³-hybridized carbons (Fsp3) is 1.00. The van der Waals surface area contributed by atoms with Crippen LogP contribution in [0.3, 0.4) is 0 Å². The second-order valence-corrected chi connectivity index (χ2v) is 4.26. The summed E-state index contributed by atoms with van der Waals surface area (Å²) in [5.41, 5.74) is 0.810. The quantitative estimate of drug-likeness (QED) is 0.539. The minimum Gasteiger partial charge on any atom is -0.317 e. The molecule has 2 aliphatic rings. The van der Waals surface area contributed by atoms with Crippen LogP contribution in [0.1, 0.15) is 32.6 Å². The van der Waals surface area contributed by atoms with Gasteiger partial charge in [-0.1, -0.05) is 6.92 Å². The molecule has 1 saturated carbocycles. The molecular weight excluding hydrogens is 122 g/mol. The minimum absolute atomic E-state index is 0.810. The number of nitrogens with one attached hydrogen (secondary N) is 1. The average Bonchev–Trinajstić information content (AvgIpc) is 1.87. The lowest BCUT2D eigenvalue weighted by Gasteiger charge is -2.49. The molecule has 0 aromatic heterocycles. The molecular formula is C9H17N. The Morgan fingerprint density at radius 3 is 2.30 bits per heavy atom. The average molecular weight is 139 g/mol. The molecule has 1 aliphatic heterocycles. The van der Waals surface area contributed by atoms with E-state index in [1.807, 2.05) is 0 Å². The second kappa shape index (κ2) is 2.23. The van der Waals surface area contributed by atoms with Crippen LogP contribution < -0.4 is 5.32 Å². The van der Waals surface area contributed by atoms with Crippen molar-refractivity contribution in [2.75, 3.05) is 13.1 Å². The first kappa shape index (κ1) is 6.66. The van der Waals surface area contributed by atoms with E-state index in [9.17, 15) is 0 Å². The Hall–Kier alpha value is -0.0400. The first-order valence-corrected chi connectivity index (χ1v) is 4.52. The summed E-state index contributed by atoms with van der Waals surface area (Å²) in [4.78, 5) is 0. The maximum absolute atomic E-state index is 3.42. The second-order valence-electron chi connectivity index (χ2n) is 4.26. The molecule has 0 bridgehead atoms. The molecule has 0 aromatic rings. The van der Waals surface area contributed by atoms with E-state index < -0.39 is 0 Å². The topological polar surface area (TPSA) is 12.0 Å². The largest absolute Gasteiger partial charge is 0.317 e. The highest BCUT2D eigenvalue weighted by atomic mass is 14.9. The predicted octanol–water partition coefficient (Wildman–Crippen LogP) is 1.79. The summed E-state index contributed by atoms with van der Waals surface area (Å²) < 4.78 is 0. The summed E-state index contributed by atoms with van der Waals surface area (Å²) in [7, 11) is 0. The van der Waals surface area contributed by atoms with Crippen molar-refractivity contribution in [1.82, 2.24) is 5.32 Å². The molecule has 0 amide bonds. The standard InChI is InChI=1S/C9H17N/c1-8-6-9(7-8)2-4-10-5-3-9/h8,10H,2-7H2,1H3. The van der Waals surface area contributed by atoms with Crippen LogP contribution in [-0.2, 0) is 0 Å². The Morgan fingerprint density at radius 2 is 1.80 bits per heavy atom. The van der Waals surface area contributed by atoms with Crippen molar-refractivity contribution in [2.45, 2.75) is 32.6 Å². The number of hydrogen-bond acceptors (Lipinski definition) is 1. The van der Waals surface area contributed by atoms with Crippen molar-refractivity contribution in [3.63, 3.8) is 0 Å². The lowest BCUT2D eigenvalue weighted by Crippen LogP contribution is -2.44. The zero-order chi connectivity index (χ0) is 7.03. The number of hydrogen-bond donors (Lipinski definition) is 1. The predicted molar refractivity (Wildman–Crippen MR) is 42.9 cm³/mol. The Balaban J connectivity index is 1.90. The van der Waals surface area contributed by atoms with Crippen LogP contribution in [0.4, 0.5) is 0 Å². The Bertz CT molecular complexity index is 109. The molecule has 1 nitrogen and oxygen atoms in total. The van der Waals surface area contributed by atoms with Gasteiger partial charge in [0.05, 0.1) is 0 Å². The van der Waals surface area contributed by atoms with E-state index in [2.05, 4.69) is 12.2 Å². The molecule has 1 saturated heterocycles. The van der Waals surface area contributed by atoms with Crippen LogP contribution >= 0.6 is 0 Å². The van der Waals surface area contributed by atoms with Gasteiger partial charge >= 0.3 is 0 Å². The van der Waals surface area contributed by atoms with Gasteiger partial charge in [0.25, 0.3) is 0 Å². The molecule has 1 spiro atoms. The highest BCUT2D eigenvalue weighted by molar-refractivity contribution is 4.94. The Labute approximate surface area is 63.2 Å². The molecule has 0 unspecified atom stereocenters. The zero-order valence-electron chi connectivity index (χ0n) is 6.82. The third-order valence-electron chi connectivity index (χ3n) is 3.23. The monoisotopic (exact) mass is 139 g/mol. The molecule has 10 heavy (non-hydrogen) atoms. The van der Waals surface area contributed by atoms with Crippen molar-refractivity contribution < 1.29 is 0 Å². The van der Waals surface area contributed by atoms with Crippen LogP contribution in [0.2, 0.25) is 0 Å². The van der Waals surface area contributed by atoms with Crippen LogP contribution in [-0.4, -0.2) is 13.1 Å². The van der Waals surface area contributed by atoms with E-state index in [0.717, 1.165) is 11.3 Å². The molecule has 2 rings (SSSR count). The first-order chi connectivity index (χ1) is 4.81. The normalized spacial score (nSPS) is 32.1. The Morgan fingerprint density at radius 1 is 1.20 bits per heavy atom. The van der Waals surface area contributed by atoms with Gasteiger partial charge in [-0.05, 0) is 50.1 Å². The van der Waals surface area contributed by atoms with Crippen molar-refractivity contribution in [3.05, 3.63) is 0 Å². The smallest absolute Gasteiger partial charge is 0.00436 e. The summed E-state index contributed by atoms with van der Waals surface area (Å²) in [6.07, 6.45) is 5.90. The molecule has 2 fully saturated rings. The SMILES string of the molecule is CC1CC2(CCNCC2)C1. The summed E-state index contributed by atoms with van der Waals surface area (Å²) in [5, 5.41) is 3.42. The fourth-order valence-electron chi connectivity index (χ4n) is 2.78. The maximum Gasteiger partial charge on any atom is -0.00436 e. The van der Waals surface area contributed by atoms with Gasteiger partial charge in [-0.2, -0.15) is 0 Å². The van der Waals surface area contributed by atoms with Gasteiger partial charge in [0.2, 0.25) is 0 Å². The van der Waals surface area contributed by atoms with E-state index >= 15 is 0 Å². The lowest BCUT2D eigenvalue weighted by molar-refractivity contribution is 0.0315. The zero-order valence-corrected chi connectivity index (χ0v) is 6.82. The molecule has 58 valence electrons. The van der Waals surface area contributed by atoms with Gasteiger partial charge in [0.1, 0.15) is 0 Å². The van der Waals surface area contributed by atoms with Crippen LogP contribution in [0.15, 0.2) is 0 Å². The van der Waals surface area contributed by atoms with Gasteiger partial charge in [-0.3, -0.25) is 0 Å². The van der Waals surface area contributed by atoms with E-state index in [1.54, 1.807) is 0 Å². The van der Waals surface area contributed by atoms with E-state index in [0.29, 0.717) is 0 Å². The van der Waals surface area contributed by atoms with Crippen LogP contribution in [0, 0.1) is 11.3 Å². The summed E-state index contributed by atoms with van der Waals surface area (Å²) >= 11 is 0. The summed E-state index contributed by atoms with van der Waals surface area (Å²) in [6.45, 7) is 4.92. The van der Waals surface area contributed by atoms with Crippen LogP contribution in [0.5, 0.6) is 0 Å². The maximum atomic E-state index is 3.42. The molecule has 1 N–H and O–H groups in total. The molecule has 1 aliphatic carbocycles. The molecule has 1 heterocycles. The highest BCUT2D eigenvalue weighted by Gasteiger charge is 2.41. The highest BCUT2D eigenvalue weighted by Crippen LogP contribution is 2.51. The van der Waals surface area contributed by atoms with E-state index in [4.69, 9.17) is 0 Å². The molecule has 0 atom stereocenters. The number of rotatable bonds is 0.